The van der Waals surface area contributed by atoms with E-state index in [-0.39, 0.29) is 10.7 Å². The molecule has 0 radical (unpaired) electrons. The third-order valence-electron chi connectivity index (χ3n) is 1.86. The van der Waals surface area contributed by atoms with Crippen molar-refractivity contribution in [3.8, 4) is 0 Å². The Hall–Kier alpha value is -1.66. The molecule has 0 amide bonds. The summed E-state index contributed by atoms with van der Waals surface area (Å²) in [6.45, 7) is 0. The number of hydrogen-bond donors (Lipinski definition) is 0. The number of nitrogens with zero attached hydrogens (tertiary/aromatic N) is 3. The van der Waals surface area contributed by atoms with Crippen LogP contribution in [0.25, 0.3) is 0 Å². The Balaban J connectivity index is 2.36. The lowest BCUT2D eigenvalue weighted by Gasteiger charge is -2.01. The second-order valence-corrected chi connectivity index (χ2v) is 4.52. The predicted molar refractivity (Wildman–Crippen MR) is 64.3 cm³/mol. The van der Waals surface area contributed by atoms with Gasteiger partial charge in [0.25, 0.3) is 0 Å². The van der Waals surface area contributed by atoms with Crippen molar-refractivity contribution in [1.29, 1.82) is 0 Å². The molecule has 2 rings (SSSR count). The minimum atomic E-state index is -0.498. The molecule has 0 bridgehead atoms. The lowest BCUT2D eigenvalue weighted by molar-refractivity contribution is -0.388. The van der Waals surface area contributed by atoms with E-state index in [0.717, 1.165) is 4.90 Å². The Morgan fingerprint density at radius 1 is 1.35 bits per heavy atom. The Kier molecular flexibility index (Phi) is 3.55. The van der Waals surface area contributed by atoms with Gasteiger partial charge in [-0.15, -0.1) is 0 Å². The first kappa shape index (κ1) is 11.8. The van der Waals surface area contributed by atoms with Crippen LogP contribution in [0.15, 0.2) is 46.7 Å². The molecule has 0 aliphatic carbocycles. The van der Waals surface area contributed by atoms with Gasteiger partial charge in [0, 0.05) is 29.6 Å². The highest BCUT2D eigenvalue weighted by molar-refractivity contribution is 7.99. The highest BCUT2D eigenvalue weighted by Gasteiger charge is 2.16. The van der Waals surface area contributed by atoms with Gasteiger partial charge < -0.3 is 0 Å². The number of aromatic nitrogens is 2. The highest BCUT2D eigenvalue weighted by atomic mass is 35.5. The predicted octanol–water partition coefficient (Wildman–Crippen LogP) is 3.19. The maximum Gasteiger partial charge on any atom is 0.303 e. The van der Waals surface area contributed by atoms with Gasteiger partial charge in [-0.05, 0) is 12.1 Å². The zero-order chi connectivity index (χ0) is 12.3. The first-order valence-corrected chi connectivity index (χ1v) is 5.74. The molecule has 0 saturated heterocycles. The summed E-state index contributed by atoms with van der Waals surface area (Å²) in [5.41, 5.74) is -0.0979. The fourth-order valence-electron chi connectivity index (χ4n) is 1.14. The molecule has 17 heavy (non-hydrogen) atoms. The molecule has 0 spiro atoms. The minimum absolute atomic E-state index is 0.0979. The van der Waals surface area contributed by atoms with E-state index in [4.69, 9.17) is 11.6 Å². The smallest absolute Gasteiger partial charge is 0.265 e. The molecule has 0 N–H and O–H groups in total. The van der Waals surface area contributed by atoms with E-state index in [0.29, 0.717) is 5.03 Å². The first-order chi connectivity index (χ1) is 8.16. The van der Waals surface area contributed by atoms with Crippen LogP contribution in [0.3, 0.4) is 0 Å². The Morgan fingerprint density at radius 2 is 2.06 bits per heavy atom. The molecule has 0 fully saturated rings. The molecule has 2 aromatic rings. The zero-order valence-electron chi connectivity index (χ0n) is 8.41. The summed E-state index contributed by atoms with van der Waals surface area (Å²) in [6, 6.07) is 4.80. The van der Waals surface area contributed by atoms with Gasteiger partial charge in [-0.1, -0.05) is 23.4 Å². The summed E-state index contributed by atoms with van der Waals surface area (Å²) in [5, 5.41) is 11.4. The molecule has 0 unspecified atom stereocenters. The maximum atomic E-state index is 10.8. The lowest BCUT2D eigenvalue weighted by atomic mass is 10.4. The average molecular weight is 268 g/mol. The van der Waals surface area contributed by atoms with Crippen molar-refractivity contribution < 1.29 is 4.92 Å². The normalized spacial score (nSPS) is 10.2. The van der Waals surface area contributed by atoms with Crippen LogP contribution in [0.2, 0.25) is 5.02 Å². The fraction of sp³-hybridized carbons (Fsp3) is 0. The van der Waals surface area contributed by atoms with Crippen LogP contribution in [0.4, 0.5) is 5.69 Å². The molecule has 5 nitrogen and oxygen atoms in total. The standard InChI is InChI=1S/C10H6ClN3O2S/c11-7-5-9(14(15)16)10(13-6-7)17-8-1-3-12-4-2-8/h1-6H. The van der Waals surface area contributed by atoms with Crippen LogP contribution < -0.4 is 0 Å². The number of halogens is 1. The molecule has 0 aromatic carbocycles. The van der Waals surface area contributed by atoms with E-state index >= 15 is 0 Å². The van der Waals surface area contributed by atoms with Gasteiger partial charge in [0.05, 0.1) is 9.95 Å². The van der Waals surface area contributed by atoms with Gasteiger partial charge in [-0.3, -0.25) is 15.1 Å². The molecule has 0 aliphatic heterocycles. The van der Waals surface area contributed by atoms with Crippen LogP contribution >= 0.6 is 23.4 Å². The van der Waals surface area contributed by atoms with Gasteiger partial charge in [-0.25, -0.2) is 4.98 Å². The van der Waals surface area contributed by atoms with E-state index in [2.05, 4.69) is 9.97 Å². The summed E-state index contributed by atoms with van der Waals surface area (Å²) in [5.74, 6) is 0. The summed E-state index contributed by atoms with van der Waals surface area (Å²) < 4.78 is 0. The number of hydrogen-bond acceptors (Lipinski definition) is 5. The van der Waals surface area contributed by atoms with Crippen LogP contribution in [0, 0.1) is 10.1 Å². The van der Waals surface area contributed by atoms with Gasteiger partial charge >= 0.3 is 5.69 Å². The van der Waals surface area contributed by atoms with Gasteiger partial charge in [0.15, 0.2) is 5.03 Å². The van der Waals surface area contributed by atoms with Crippen LogP contribution in [0.1, 0.15) is 0 Å². The van der Waals surface area contributed by atoms with Crippen molar-refractivity contribution in [3.05, 3.63) is 51.9 Å². The van der Waals surface area contributed by atoms with Crippen molar-refractivity contribution in [2.75, 3.05) is 0 Å². The van der Waals surface area contributed by atoms with Crippen LogP contribution in [0.5, 0.6) is 0 Å². The van der Waals surface area contributed by atoms with Crippen molar-refractivity contribution in [3.63, 3.8) is 0 Å². The van der Waals surface area contributed by atoms with Crippen molar-refractivity contribution in [1.82, 2.24) is 9.97 Å². The summed E-state index contributed by atoms with van der Waals surface area (Å²) >= 11 is 6.88. The molecule has 0 saturated carbocycles. The van der Waals surface area contributed by atoms with Crippen molar-refractivity contribution in [2.24, 2.45) is 0 Å². The second-order valence-electron chi connectivity index (χ2n) is 3.02. The van der Waals surface area contributed by atoms with Crippen molar-refractivity contribution in [2.45, 2.75) is 9.92 Å². The van der Waals surface area contributed by atoms with Gasteiger partial charge in [-0.2, -0.15) is 0 Å². The molecule has 0 aliphatic rings. The average Bonchev–Trinajstić information content (AvgIpc) is 2.32. The molecular formula is C10H6ClN3O2S. The quantitative estimate of drug-likeness (QED) is 0.631. The zero-order valence-corrected chi connectivity index (χ0v) is 9.98. The number of rotatable bonds is 3. The SMILES string of the molecule is O=[N+]([O-])c1cc(Cl)cnc1Sc1ccncc1. The third kappa shape index (κ3) is 2.92. The summed E-state index contributed by atoms with van der Waals surface area (Å²) in [4.78, 5) is 19.0. The molecule has 0 atom stereocenters. The second kappa shape index (κ2) is 5.11. The Morgan fingerprint density at radius 3 is 2.71 bits per heavy atom. The molecule has 7 heteroatoms. The summed E-state index contributed by atoms with van der Waals surface area (Å²) in [7, 11) is 0. The number of nitro groups is 1. The van der Waals surface area contributed by atoms with E-state index in [1.165, 1.54) is 24.0 Å². The lowest BCUT2D eigenvalue weighted by Crippen LogP contribution is -1.93. The maximum absolute atomic E-state index is 10.8. The van der Waals surface area contributed by atoms with Crippen LogP contribution in [-0.4, -0.2) is 14.9 Å². The Bertz CT molecular complexity index is 551. The molecular weight excluding hydrogens is 262 g/mol. The minimum Gasteiger partial charge on any atom is -0.265 e. The Labute approximate surface area is 106 Å². The number of pyridine rings is 2. The van der Waals surface area contributed by atoms with Gasteiger partial charge in [0.2, 0.25) is 0 Å². The van der Waals surface area contributed by atoms with E-state index in [1.807, 2.05) is 0 Å². The fourth-order valence-corrected chi connectivity index (χ4v) is 2.12. The van der Waals surface area contributed by atoms with Crippen LogP contribution in [-0.2, 0) is 0 Å². The van der Waals surface area contributed by atoms with E-state index in [1.54, 1.807) is 24.5 Å². The largest absolute Gasteiger partial charge is 0.303 e. The van der Waals surface area contributed by atoms with Gasteiger partial charge in [0.1, 0.15) is 0 Å². The van der Waals surface area contributed by atoms with Crippen molar-refractivity contribution >= 4 is 29.1 Å². The summed E-state index contributed by atoms with van der Waals surface area (Å²) in [6.07, 6.45) is 4.62. The molecule has 2 aromatic heterocycles. The molecule has 86 valence electrons. The van der Waals surface area contributed by atoms with E-state index in [9.17, 15) is 10.1 Å². The van der Waals surface area contributed by atoms with E-state index < -0.39 is 4.92 Å². The third-order valence-corrected chi connectivity index (χ3v) is 3.08. The highest BCUT2D eigenvalue weighted by Crippen LogP contribution is 2.33. The molecule has 2 heterocycles. The topological polar surface area (TPSA) is 68.9 Å². The monoisotopic (exact) mass is 267 g/mol. The first-order valence-electron chi connectivity index (χ1n) is 4.54.